The van der Waals surface area contributed by atoms with E-state index in [1.165, 1.54) is 0 Å². The second kappa shape index (κ2) is 7.49. The first-order chi connectivity index (χ1) is 12.1. The molecule has 0 saturated heterocycles. The number of carbonyl (C=O) groups is 1. The predicted octanol–water partition coefficient (Wildman–Crippen LogP) is 3.63. The zero-order chi connectivity index (χ0) is 17.8. The molecule has 0 aliphatic carbocycles. The molecule has 5 nitrogen and oxygen atoms in total. The Labute approximate surface area is 151 Å². The Kier molecular flexibility index (Phi) is 5.14. The van der Waals surface area contributed by atoms with Crippen LogP contribution in [0.25, 0.3) is 10.9 Å². The van der Waals surface area contributed by atoms with Gasteiger partial charge in [-0.15, -0.1) is 0 Å². The number of rotatable bonds is 6. The van der Waals surface area contributed by atoms with Gasteiger partial charge in [0, 0.05) is 28.8 Å². The highest BCUT2D eigenvalue weighted by Crippen LogP contribution is 2.30. The Morgan fingerprint density at radius 3 is 2.76 bits per heavy atom. The van der Waals surface area contributed by atoms with Crippen molar-refractivity contribution in [3.8, 4) is 11.5 Å². The topological polar surface area (TPSA) is 52.5 Å². The number of nitrogens with zero attached hydrogens (tertiary/aromatic N) is 1. The number of hydrogen-bond donors (Lipinski definition) is 1. The zero-order valence-corrected chi connectivity index (χ0v) is 14.8. The van der Waals surface area contributed by atoms with E-state index >= 15 is 0 Å². The molecule has 0 spiro atoms. The molecule has 25 heavy (non-hydrogen) atoms. The van der Waals surface area contributed by atoms with Gasteiger partial charge in [0.25, 0.3) is 0 Å². The van der Waals surface area contributed by atoms with Gasteiger partial charge in [-0.25, -0.2) is 0 Å². The van der Waals surface area contributed by atoms with Crippen LogP contribution in [0.4, 0.5) is 0 Å². The summed E-state index contributed by atoms with van der Waals surface area (Å²) >= 11 is 6.05. The molecular formula is C19H19ClN2O3. The van der Waals surface area contributed by atoms with Crippen LogP contribution in [-0.4, -0.2) is 24.7 Å². The Morgan fingerprint density at radius 1 is 1.16 bits per heavy atom. The van der Waals surface area contributed by atoms with Gasteiger partial charge < -0.3 is 19.4 Å². The molecule has 6 heteroatoms. The van der Waals surface area contributed by atoms with Crippen LogP contribution in [0.3, 0.4) is 0 Å². The van der Waals surface area contributed by atoms with Gasteiger partial charge in [0.2, 0.25) is 5.91 Å². The van der Waals surface area contributed by atoms with Gasteiger partial charge in [0.15, 0.2) is 11.5 Å². The standard InChI is InChI=1S/C19H19ClN2O3/c1-24-17-5-3-4-14(19(17)25-2)11-21-18(23)12-22-9-8-13-6-7-15(20)10-16(13)22/h3-10H,11-12H2,1-2H3,(H,21,23). The Morgan fingerprint density at radius 2 is 2.00 bits per heavy atom. The molecule has 3 rings (SSSR count). The molecule has 0 unspecified atom stereocenters. The number of para-hydroxylation sites is 1. The van der Waals surface area contributed by atoms with Gasteiger partial charge in [-0.1, -0.05) is 29.8 Å². The van der Waals surface area contributed by atoms with Crippen LogP contribution in [0, 0.1) is 0 Å². The van der Waals surface area contributed by atoms with Crippen molar-refractivity contribution in [2.75, 3.05) is 14.2 Å². The number of carbonyl (C=O) groups excluding carboxylic acids is 1. The molecule has 1 N–H and O–H groups in total. The van der Waals surface area contributed by atoms with E-state index in [2.05, 4.69) is 5.32 Å². The number of benzene rings is 2. The molecule has 0 atom stereocenters. The molecule has 1 aromatic heterocycles. The van der Waals surface area contributed by atoms with Gasteiger partial charge >= 0.3 is 0 Å². The lowest BCUT2D eigenvalue weighted by Gasteiger charge is -2.13. The lowest BCUT2D eigenvalue weighted by atomic mass is 10.2. The third kappa shape index (κ3) is 3.72. The molecule has 1 amide bonds. The van der Waals surface area contributed by atoms with E-state index in [9.17, 15) is 4.79 Å². The van der Waals surface area contributed by atoms with Crippen molar-refractivity contribution in [3.05, 3.63) is 59.2 Å². The quantitative estimate of drug-likeness (QED) is 0.732. The summed E-state index contributed by atoms with van der Waals surface area (Å²) in [5, 5.41) is 4.61. The number of halogens is 1. The number of fused-ring (bicyclic) bond motifs is 1. The molecule has 2 aromatic carbocycles. The van der Waals surface area contributed by atoms with Crippen LogP contribution in [0.1, 0.15) is 5.56 Å². The number of nitrogens with one attached hydrogen (secondary N) is 1. The first kappa shape index (κ1) is 17.2. The molecular weight excluding hydrogens is 340 g/mol. The van der Waals surface area contributed by atoms with E-state index in [0.717, 1.165) is 16.5 Å². The van der Waals surface area contributed by atoms with Crippen LogP contribution >= 0.6 is 11.6 Å². The molecule has 1 heterocycles. The Bertz CT molecular complexity index is 905. The average Bonchev–Trinajstić information content (AvgIpc) is 3.01. The Balaban J connectivity index is 1.70. The highest BCUT2D eigenvalue weighted by molar-refractivity contribution is 6.31. The van der Waals surface area contributed by atoms with Gasteiger partial charge in [-0.05, 0) is 29.7 Å². The second-order valence-corrected chi connectivity index (χ2v) is 6.01. The van der Waals surface area contributed by atoms with E-state index in [1.54, 1.807) is 14.2 Å². The molecule has 0 fully saturated rings. The lowest BCUT2D eigenvalue weighted by molar-refractivity contribution is -0.121. The van der Waals surface area contributed by atoms with Crippen molar-refractivity contribution in [3.63, 3.8) is 0 Å². The molecule has 0 bridgehead atoms. The number of amides is 1. The maximum atomic E-state index is 12.3. The van der Waals surface area contributed by atoms with Crippen molar-refractivity contribution >= 4 is 28.4 Å². The fourth-order valence-corrected chi connectivity index (χ4v) is 2.96. The van der Waals surface area contributed by atoms with Gasteiger partial charge in [0.05, 0.1) is 14.2 Å². The third-order valence-electron chi connectivity index (χ3n) is 4.01. The molecule has 0 saturated carbocycles. The van der Waals surface area contributed by atoms with Crippen LogP contribution in [-0.2, 0) is 17.9 Å². The van der Waals surface area contributed by atoms with E-state index in [1.807, 2.05) is 53.2 Å². The van der Waals surface area contributed by atoms with E-state index in [4.69, 9.17) is 21.1 Å². The number of aromatic nitrogens is 1. The van der Waals surface area contributed by atoms with Gasteiger partial charge in [-0.3, -0.25) is 4.79 Å². The lowest BCUT2D eigenvalue weighted by Crippen LogP contribution is -2.27. The maximum absolute atomic E-state index is 12.3. The van der Waals surface area contributed by atoms with Crippen molar-refractivity contribution < 1.29 is 14.3 Å². The summed E-state index contributed by atoms with van der Waals surface area (Å²) in [4.78, 5) is 12.3. The van der Waals surface area contributed by atoms with Crippen LogP contribution in [0.5, 0.6) is 11.5 Å². The van der Waals surface area contributed by atoms with Crippen molar-refractivity contribution in [1.29, 1.82) is 0 Å². The van der Waals surface area contributed by atoms with Gasteiger partial charge in [-0.2, -0.15) is 0 Å². The monoisotopic (exact) mass is 358 g/mol. The summed E-state index contributed by atoms with van der Waals surface area (Å²) in [5.74, 6) is 1.17. The molecule has 0 aliphatic heterocycles. The number of hydrogen-bond acceptors (Lipinski definition) is 3. The molecule has 130 valence electrons. The average molecular weight is 359 g/mol. The fourth-order valence-electron chi connectivity index (χ4n) is 2.79. The summed E-state index contributed by atoms with van der Waals surface area (Å²) in [5.41, 5.74) is 1.79. The summed E-state index contributed by atoms with van der Waals surface area (Å²) < 4.78 is 12.5. The Hall–Kier alpha value is -2.66. The summed E-state index contributed by atoms with van der Waals surface area (Å²) in [6.45, 7) is 0.579. The van der Waals surface area contributed by atoms with Crippen LogP contribution in [0.15, 0.2) is 48.7 Å². The first-order valence-electron chi connectivity index (χ1n) is 7.83. The highest BCUT2D eigenvalue weighted by Gasteiger charge is 2.11. The summed E-state index contributed by atoms with van der Waals surface area (Å²) in [7, 11) is 3.17. The van der Waals surface area contributed by atoms with E-state index < -0.39 is 0 Å². The van der Waals surface area contributed by atoms with Crippen LogP contribution in [0.2, 0.25) is 5.02 Å². The summed E-state index contributed by atoms with van der Waals surface area (Å²) in [6, 6.07) is 13.2. The minimum absolute atomic E-state index is 0.0950. The second-order valence-electron chi connectivity index (χ2n) is 5.58. The third-order valence-corrected chi connectivity index (χ3v) is 4.25. The summed E-state index contributed by atoms with van der Waals surface area (Å²) in [6.07, 6.45) is 1.88. The van der Waals surface area contributed by atoms with Crippen molar-refractivity contribution in [2.24, 2.45) is 0 Å². The van der Waals surface area contributed by atoms with Gasteiger partial charge in [0.1, 0.15) is 6.54 Å². The largest absolute Gasteiger partial charge is 0.493 e. The molecule has 0 aliphatic rings. The van der Waals surface area contributed by atoms with Crippen molar-refractivity contribution in [1.82, 2.24) is 9.88 Å². The number of ether oxygens (including phenoxy) is 2. The number of methoxy groups -OCH3 is 2. The smallest absolute Gasteiger partial charge is 0.240 e. The maximum Gasteiger partial charge on any atom is 0.240 e. The van der Waals surface area contributed by atoms with E-state index in [-0.39, 0.29) is 12.5 Å². The van der Waals surface area contributed by atoms with E-state index in [0.29, 0.717) is 23.1 Å². The van der Waals surface area contributed by atoms with Crippen LogP contribution < -0.4 is 14.8 Å². The SMILES string of the molecule is COc1cccc(CNC(=O)Cn2ccc3ccc(Cl)cc32)c1OC. The molecule has 3 aromatic rings. The first-order valence-corrected chi connectivity index (χ1v) is 8.21. The van der Waals surface area contributed by atoms with Crippen molar-refractivity contribution in [2.45, 2.75) is 13.1 Å². The minimum Gasteiger partial charge on any atom is -0.493 e. The fraction of sp³-hybridized carbons (Fsp3) is 0.211. The minimum atomic E-state index is -0.0950. The highest BCUT2D eigenvalue weighted by atomic mass is 35.5. The predicted molar refractivity (Wildman–Crippen MR) is 98.3 cm³/mol. The normalized spacial score (nSPS) is 10.7. The zero-order valence-electron chi connectivity index (χ0n) is 14.1. The molecule has 0 radical (unpaired) electrons.